The summed E-state index contributed by atoms with van der Waals surface area (Å²) in [4.78, 5) is 6.91. The number of nitrogens with zero attached hydrogens (tertiary/aromatic N) is 2. The van der Waals surface area contributed by atoms with Gasteiger partial charge in [-0.25, -0.2) is 0 Å². The minimum Gasteiger partial charge on any atom is -0.376 e. The topological polar surface area (TPSA) is 48.9 Å². The maximum atomic E-state index is 5.65. The predicted octanol–water partition coefficient (Wildman–Crippen LogP) is 3.63. The molecular formula is C22H37IN4O. The van der Waals surface area contributed by atoms with E-state index in [9.17, 15) is 0 Å². The van der Waals surface area contributed by atoms with E-state index in [2.05, 4.69) is 58.6 Å². The molecule has 2 N–H and O–H groups in total. The Balaban J connectivity index is 0.00000280. The van der Waals surface area contributed by atoms with E-state index in [1.807, 2.05) is 7.05 Å². The molecule has 158 valence electrons. The number of ether oxygens (including phenoxy) is 1. The molecular weight excluding hydrogens is 463 g/mol. The van der Waals surface area contributed by atoms with Crippen molar-refractivity contribution < 1.29 is 4.74 Å². The summed E-state index contributed by atoms with van der Waals surface area (Å²) < 4.78 is 5.65. The van der Waals surface area contributed by atoms with E-state index in [1.165, 1.54) is 37.1 Å². The van der Waals surface area contributed by atoms with Gasteiger partial charge in [-0.15, -0.1) is 24.0 Å². The van der Waals surface area contributed by atoms with E-state index in [0.717, 1.165) is 50.5 Å². The van der Waals surface area contributed by atoms with Gasteiger partial charge < -0.3 is 15.4 Å². The Bertz CT molecular complexity index is 591. The Morgan fingerprint density at radius 3 is 2.39 bits per heavy atom. The lowest BCUT2D eigenvalue weighted by atomic mass is 9.91. The largest absolute Gasteiger partial charge is 0.376 e. The molecule has 0 spiro atoms. The van der Waals surface area contributed by atoms with Gasteiger partial charge in [0.1, 0.15) is 0 Å². The van der Waals surface area contributed by atoms with Gasteiger partial charge in [-0.05, 0) is 42.2 Å². The zero-order valence-electron chi connectivity index (χ0n) is 17.6. The first-order chi connectivity index (χ1) is 13.1. The summed E-state index contributed by atoms with van der Waals surface area (Å²) in [7, 11) is 1.81. The minimum atomic E-state index is 0. The summed E-state index contributed by atoms with van der Waals surface area (Å²) >= 11 is 0. The molecule has 5 nitrogen and oxygen atoms in total. The lowest BCUT2D eigenvalue weighted by molar-refractivity contribution is 0.114. The summed E-state index contributed by atoms with van der Waals surface area (Å²) in [6, 6.07) is 8.99. The third kappa shape index (κ3) is 7.52. The van der Waals surface area contributed by atoms with Gasteiger partial charge in [0.15, 0.2) is 5.96 Å². The number of benzene rings is 1. The van der Waals surface area contributed by atoms with Crippen LogP contribution in [-0.2, 0) is 17.8 Å². The molecule has 28 heavy (non-hydrogen) atoms. The number of guanidine groups is 1. The average Bonchev–Trinajstić information content (AvgIpc) is 3.16. The number of hydrogen-bond acceptors (Lipinski definition) is 3. The van der Waals surface area contributed by atoms with Crippen LogP contribution in [0.3, 0.4) is 0 Å². The summed E-state index contributed by atoms with van der Waals surface area (Å²) in [5.74, 6) is 2.46. The van der Waals surface area contributed by atoms with Gasteiger partial charge in [0.05, 0.1) is 6.10 Å². The molecule has 1 aromatic rings. The maximum absolute atomic E-state index is 5.65. The number of nitrogens with one attached hydrogen (secondary N) is 2. The van der Waals surface area contributed by atoms with Crippen molar-refractivity contribution in [3.05, 3.63) is 35.4 Å². The Morgan fingerprint density at radius 1 is 1.11 bits per heavy atom. The molecule has 3 atom stereocenters. The van der Waals surface area contributed by atoms with Gasteiger partial charge in [0.2, 0.25) is 0 Å². The Labute approximate surface area is 187 Å². The monoisotopic (exact) mass is 500 g/mol. The molecule has 0 radical (unpaired) electrons. The van der Waals surface area contributed by atoms with Crippen molar-refractivity contribution in [3.8, 4) is 0 Å². The molecule has 3 unspecified atom stereocenters. The van der Waals surface area contributed by atoms with Gasteiger partial charge in [-0.3, -0.25) is 9.89 Å². The predicted molar refractivity (Wildman–Crippen MR) is 127 cm³/mol. The van der Waals surface area contributed by atoms with Crippen LogP contribution in [0, 0.1) is 11.8 Å². The number of rotatable bonds is 6. The molecule has 2 aliphatic heterocycles. The van der Waals surface area contributed by atoms with Gasteiger partial charge in [0, 0.05) is 46.4 Å². The summed E-state index contributed by atoms with van der Waals surface area (Å²) in [6.07, 6.45) is 3.99. The SMILES string of the molecule is CN=C(NCc1ccc(CN2CC(C)CC(C)C2)cc1)NCC1CCCO1.I. The molecule has 2 fully saturated rings. The van der Waals surface area contributed by atoms with Crippen molar-refractivity contribution in [1.82, 2.24) is 15.5 Å². The summed E-state index contributed by atoms with van der Waals surface area (Å²) in [5.41, 5.74) is 2.68. The number of piperidine rings is 1. The first-order valence-corrected chi connectivity index (χ1v) is 10.5. The first kappa shape index (κ1) is 23.4. The highest BCUT2D eigenvalue weighted by Gasteiger charge is 2.21. The second-order valence-corrected chi connectivity index (χ2v) is 8.40. The van der Waals surface area contributed by atoms with Crippen LogP contribution in [0.1, 0.15) is 44.2 Å². The Kier molecular flexibility index (Phi) is 10.0. The smallest absolute Gasteiger partial charge is 0.191 e. The van der Waals surface area contributed by atoms with E-state index >= 15 is 0 Å². The van der Waals surface area contributed by atoms with Gasteiger partial charge >= 0.3 is 0 Å². The van der Waals surface area contributed by atoms with Crippen LogP contribution in [0.2, 0.25) is 0 Å². The molecule has 2 aliphatic rings. The molecule has 0 saturated carbocycles. The van der Waals surface area contributed by atoms with Crippen LogP contribution in [0.5, 0.6) is 0 Å². The third-order valence-corrected chi connectivity index (χ3v) is 5.58. The highest BCUT2D eigenvalue weighted by atomic mass is 127. The Morgan fingerprint density at radius 2 is 1.79 bits per heavy atom. The lowest BCUT2D eigenvalue weighted by Crippen LogP contribution is -2.40. The van der Waals surface area contributed by atoms with E-state index in [4.69, 9.17) is 4.74 Å². The highest BCUT2D eigenvalue weighted by Crippen LogP contribution is 2.22. The maximum Gasteiger partial charge on any atom is 0.191 e. The zero-order valence-corrected chi connectivity index (χ0v) is 19.9. The van der Waals surface area contributed by atoms with Crippen LogP contribution in [0.25, 0.3) is 0 Å². The van der Waals surface area contributed by atoms with E-state index in [-0.39, 0.29) is 24.0 Å². The van der Waals surface area contributed by atoms with Crippen LogP contribution in [0.15, 0.2) is 29.3 Å². The quantitative estimate of drug-likeness (QED) is 0.356. The summed E-state index contributed by atoms with van der Waals surface area (Å²) in [5, 5.41) is 6.76. The molecule has 2 heterocycles. The number of hydrogen-bond donors (Lipinski definition) is 2. The summed E-state index contributed by atoms with van der Waals surface area (Å²) in [6.45, 7) is 10.7. The van der Waals surface area contributed by atoms with Crippen LogP contribution >= 0.6 is 24.0 Å². The lowest BCUT2D eigenvalue weighted by Gasteiger charge is -2.35. The van der Waals surface area contributed by atoms with Crippen molar-refractivity contribution in [2.45, 2.75) is 52.3 Å². The average molecular weight is 500 g/mol. The molecule has 6 heteroatoms. The van der Waals surface area contributed by atoms with E-state index in [1.54, 1.807) is 0 Å². The highest BCUT2D eigenvalue weighted by molar-refractivity contribution is 14.0. The molecule has 0 bridgehead atoms. The zero-order chi connectivity index (χ0) is 19.1. The van der Waals surface area contributed by atoms with E-state index < -0.39 is 0 Å². The van der Waals surface area contributed by atoms with Crippen LogP contribution in [-0.4, -0.2) is 50.3 Å². The van der Waals surface area contributed by atoms with Crippen molar-refractivity contribution >= 4 is 29.9 Å². The second kappa shape index (κ2) is 12.0. The van der Waals surface area contributed by atoms with Gasteiger partial charge in [0.25, 0.3) is 0 Å². The third-order valence-electron chi connectivity index (χ3n) is 5.58. The van der Waals surface area contributed by atoms with Crippen molar-refractivity contribution in [1.29, 1.82) is 0 Å². The number of likely N-dealkylation sites (tertiary alicyclic amines) is 1. The van der Waals surface area contributed by atoms with Crippen LogP contribution < -0.4 is 10.6 Å². The fraction of sp³-hybridized carbons (Fsp3) is 0.682. The first-order valence-electron chi connectivity index (χ1n) is 10.5. The van der Waals surface area contributed by atoms with Crippen LogP contribution in [0.4, 0.5) is 0 Å². The fourth-order valence-corrected chi connectivity index (χ4v) is 4.36. The molecule has 0 aliphatic carbocycles. The van der Waals surface area contributed by atoms with Crippen molar-refractivity contribution in [2.75, 3.05) is 33.3 Å². The van der Waals surface area contributed by atoms with Gasteiger partial charge in [-0.1, -0.05) is 38.1 Å². The molecule has 3 rings (SSSR count). The van der Waals surface area contributed by atoms with E-state index in [0.29, 0.717) is 6.10 Å². The van der Waals surface area contributed by atoms with Crippen molar-refractivity contribution in [2.24, 2.45) is 16.8 Å². The Hall–Kier alpha value is -0.860. The number of halogens is 1. The molecule has 1 aromatic carbocycles. The molecule has 0 aromatic heterocycles. The van der Waals surface area contributed by atoms with Gasteiger partial charge in [-0.2, -0.15) is 0 Å². The minimum absolute atomic E-state index is 0. The number of aliphatic imine (C=N–C) groups is 1. The fourth-order valence-electron chi connectivity index (χ4n) is 4.36. The normalized spacial score (nSPS) is 26.0. The molecule has 2 saturated heterocycles. The standard InChI is InChI=1S/C22H36N4O.HI/c1-17-11-18(2)15-26(14-17)16-20-8-6-19(7-9-20)12-24-22(23-3)25-13-21-5-4-10-27-21;/h6-9,17-18,21H,4-5,10-16H2,1-3H3,(H2,23,24,25);1H. The second-order valence-electron chi connectivity index (χ2n) is 8.40. The van der Waals surface area contributed by atoms with Crippen molar-refractivity contribution in [3.63, 3.8) is 0 Å². The molecule has 0 amide bonds.